The number of anilines is 2. The fourth-order valence-corrected chi connectivity index (χ4v) is 2.61. The summed E-state index contributed by atoms with van der Waals surface area (Å²) >= 11 is 0. The largest absolute Gasteiger partial charge is 0.398 e. The minimum atomic E-state index is -0.409. The van der Waals surface area contributed by atoms with Crippen LogP contribution in [0.1, 0.15) is 22.3 Å². The standard InChI is InChI=1S/C16H15N3O2/c17-12-4-1-5-13-15(12)14(20)8-11(16(21)19-13)7-10-3-2-6-18-9-10/h1-6,9,11H,7-8,17H2,(H,19,21)/t11-/m1/s1. The number of hydrogen-bond acceptors (Lipinski definition) is 4. The Labute approximate surface area is 122 Å². The number of nitrogens with zero attached hydrogens (tertiary/aromatic N) is 1. The molecule has 0 fully saturated rings. The molecule has 0 spiro atoms. The molecule has 0 bridgehead atoms. The molecule has 0 radical (unpaired) electrons. The van der Waals surface area contributed by atoms with E-state index in [4.69, 9.17) is 5.73 Å². The van der Waals surface area contributed by atoms with Gasteiger partial charge >= 0.3 is 0 Å². The Balaban J connectivity index is 1.90. The van der Waals surface area contributed by atoms with E-state index >= 15 is 0 Å². The van der Waals surface area contributed by atoms with Gasteiger partial charge in [0.2, 0.25) is 5.91 Å². The van der Waals surface area contributed by atoms with Crippen LogP contribution in [-0.2, 0) is 11.2 Å². The Kier molecular flexibility index (Phi) is 3.39. The van der Waals surface area contributed by atoms with Gasteiger partial charge in [0.05, 0.1) is 11.3 Å². The van der Waals surface area contributed by atoms with E-state index in [1.165, 1.54) is 0 Å². The van der Waals surface area contributed by atoms with Gasteiger partial charge in [-0.2, -0.15) is 0 Å². The topological polar surface area (TPSA) is 85.1 Å². The highest BCUT2D eigenvalue weighted by Gasteiger charge is 2.29. The van der Waals surface area contributed by atoms with Gasteiger partial charge in [-0.05, 0) is 30.2 Å². The highest BCUT2D eigenvalue weighted by Crippen LogP contribution is 2.30. The SMILES string of the molecule is Nc1cccc2c1C(=O)C[C@@H](Cc1cccnc1)C(=O)N2. The first kappa shape index (κ1) is 13.3. The highest BCUT2D eigenvalue weighted by molar-refractivity contribution is 6.12. The molecule has 3 rings (SSSR count). The molecule has 106 valence electrons. The normalized spacial score (nSPS) is 17.8. The van der Waals surface area contributed by atoms with E-state index in [1.54, 1.807) is 30.6 Å². The minimum Gasteiger partial charge on any atom is -0.398 e. The average Bonchev–Trinajstić information content (AvgIpc) is 2.58. The van der Waals surface area contributed by atoms with Gasteiger partial charge in [-0.15, -0.1) is 0 Å². The number of carbonyl (C=O) groups excluding carboxylic acids is 2. The van der Waals surface area contributed by atoms with Gasteiger partial charge in [0.1, 0.15) is 0 Å². The lowest BCUT2D eigenvalue weighted by Gasteiger charge is -2.12. The molecule has 0 aliphatic carbocycles. The van der Waals surface area contributed by atoms with Crippen molar-refractivity contribution in [2.75, 3.05) is 11.1 Å². The molecule has 21 heavy (non-hydrogen) atoms. The number of rotatable bonds is 2. The molecule has 1 aliphatic heterocycles. The van der Waals surface area contributed by atoms with E-state index < -0.39 is 5.92 Å². The van der Waals surface area contributed by atoms with Gasteiger partial charge in [-0.1, -0.05) is 12.1 Å². The highest BCUT2D eigenvalue weighted by atomic mass is 16.2. The van der Waals surface area contributed by atoms with Crippen molar-refractivity contribution in [3.63, 3.8) is 0 Å². The first-order chi connectivity index (χ1) is 10.1. The van der Waals surface area contributed by atoms with Gasteiger partial charge in [0.15, 0.2) is 5.78 Å². The van der Waals surface area contributed by atoms with Gasteiger partial charge in [0, 0.05) is 30.4 Å². The summed E-state index contributed by atoms with van der Waals surface area (Å²) in [5, 5.41) is 2.80. The summed E-state index contributed by atoms with van der Waals surface area (Å²) in [5.74, 6) is -0.666. The Hall–Kier alpha value is -2.69. The second kappa shape index (κ2) is 5.36. The fraction of sp³-hybridized carbons (Fsp3) is 0.188. The van der Waals surface area contributed by atoms with Crippen LogP contribution in [0, 0.1) is 5.92 Å². The number of fused-ring (bicyclic) bond motifs is 1. The van der Waals surface area contributed by atoms with Crippen molar-refractivity contribution in [1.29, 1.82) is 0 Å². The average molecular weight is 281 g/mol. The molecule has 1 aromatic heterocycles. The van der Waals surface area contributed by atoms with Gasteiger partial charge in [0.25, 0.3) is 0 Å². The maximum atomic E-state index is 12.4. The quantitative estimate of drug-likeness (QED) is 0.825. The molecule has 0 saturated carbocycles. The molecule has 2 heterocycles. The van der Waals surface area contributed by atoms with Crippen molar-refractivity contribution in [2.24, 2.45) is 5.92 Å². The number of carbonyl (C=O) groups is 2. The maximum absolute atomic E-state index is 12.4. The van der Waals surface area contributed by atoms with E-state index in [-0.39, 0.29) is 18.1 Å². The second-order valence-corrected chi connectivity index (χ2v) is 5.15. The summed E-state index contributed by atoms with van der Waals surface area (Å²) in [6.07, 6.45) is 4.03. The number of Topliss-reactive ketones (excluding diaryl/α,β-unsaturated/α-hetero) is 1. The predicted molar refractivity (Wildman–Crippen MR) is 79.9 cm³/mol. The zero-order chi connectivity index (χ0) is 14.8. The minimum absolute atomic E-state index is 0.102. The smallest absolute Gasteiger partial charge is 0.228 e. The van der Waals surface area contributed by atoms with Gasteiger partial charge in [-0.3, -0.25) is 14.6 Å². The van der Waals surface area contributed by atoms with Crippen molar-refractivity contribution in [1.82, 2.24) is 4.98 Å². The Morgan fingerprint density at radius 1 is 1.24 bits per heavy atom. The number of nitrogen functional groups attached to an aromatic ring is 1. The van der Waals surface area contributed by atoms with Crippen molar-refractivity contribution in [3.05, 3.63) is 53.9 Å². The van der Waals surface area contributed by atoms with Crippen LogP contribution in [-0.4, -0.2) is 16.7 Å². The molecule has 0 saturated heterocycles. The Morgan fingerprint density at radius 2 is 2.10 bits per heavy atom. The molecule has 1 aromatic carbocycles. The van der Waals surface area contributed by atoms with Gasteiger partial charge in [-0.25, -0.2) is 0 Å². The first-order valence-electron chi connectivity index (χ1n) is 6.76. The number of aromatic nitrogens is 1. The molecule has 1 atom stereocenters. The summed E-state index contributed by atoms with van der Waals surface area (Å²) in [6.45, 7) is 0. The Bertz CT molecular complexity index is 698. The van der Waals surface area contributed by atoms with E-state index in [1.807, 2.05) is 12.1 Å². The number of nitrogens with two attached hydrogens (primary N) is 1. The summed E-state index contributed by atoms with van der Waals surface area (Å²) in [7, 11) is 0. The van der Waals surface area contributed by atoms with Crippen LogP contribution in [0.5, 0.6) is 0 Å². The first-order valence-corrected chi connectivity index (χ1v) is 6.76. The molecular weight excluding hydrogens is 266 g/mol. The number of ketones is 1. The summed E-state index contributed by atoms with van der Waals surface area (Å²) in [6, 6.07) is 8.82. The predicted octanol–water partition coefficient (Wildman–Crippen LogP) is 2.05. The summed E-state index contributed by atoms with van der Waals surface area (Å²) in [4.78, 5) is 28.7. The maximum Gasteiger partial charge on any atom is 0.228 e. The number of nitrogens with one attached hydrogen (secondary N) is 1. The van der Waals surface area contributed by atoms with E-state index in [9.17, 15) is 9.59 Å². The molecule has 2 aromatic rings. The summed E-state index contributed by atoms with van der Waals surface area (Å²) < 4.78 is 0. The van der Waals surface area contributed by atoms with E-state index in [0.29, 0.717) is 23.4 Å². The zero-order valence-corrected chi connectivity index (χ0v) is 11.4. The van der Waals surface area contributed by atoms with Crippen LogP contribution >= 0.6 is 0 Å². The monoisotopic (exact) mass is 281 g/mol. The lowest BCUT2D eigenvalue weighted by atomic mass is 9.93. The fourth-order valence-electron chi connectivity index (χ4n) is 2.61. The third-order valence-electron chi connectivity index (χ3n) is 3.64. The summed E-state index contributed by atoms with van der Waals surface area (Å²) in [5.41, 5.74) is 8.11. The molecule has 3 N–H and O–H groups in total. The molecule has 1 aliphatic rings. The van der Waals surface area contributed by atoms with Crippen molar-refractivity contribution < 1.29 is 9.59 Å². The zero-order valence-electron chi connectivity index (χ0n) is 11.4. The number of benzene rings is 1. The van der Waals surface area contributed by atoms with E-state index in [0.717, 1.165) is 5.56 Å². The molecule has 0 unspecified atom stereocenters. The van der Waals surface area contributed by atoms with Crippen molar-refractivity contribution in [2.45, 2.75) is 12.8 Å². The third kappa shape index (κ3) is 2.63. The van der Waals surface area contributed by atoms with Gasteiger partial charge < -0.3 is 11.1 Å². The molecule has 5 nitrogen and oxygen atoms in total. The van der Waals surface area contributed by atoms with Crippen LogP contribution in [0.25, 0.3) is 0 Å². The van der Waals surface area contributed by atoms with Crippen LogP contribution in [0.4, 0.5) is 11.4 Å². The molecule has 5 heteroatoms. The number of amides is 1. The number of hydrogen-bond donors (Lipinski definition) is 2. The Morgan fingerprint density at radius 3 is 2.86 bits per heavy atom. The molecular formula is C16H15N3O2. The van der Waals surface area contributed by atoms with Crippen LogP contribution in [0.15, 0.2) is 42.7 Å². The molecule has 1 amide bonds. The van der Waals surface area contributed by atoms with Crippen LogP contribution in [0.2, 0.25) is 0 Å². The lowest BCUT2D eigenvalue weighted by molar-refractivity contribution is -0.119. The van der Waals surface area contributed by atoms with Crippen LogP contribution < -0.4 is 11.1 Å². The van der Waals surface area contributed by atoms with E-state index in [2.05, 4.69) is 10.3 Å². The van der Waals surface area contributed by atoms with Crippen LogP contribution in [0.3, 0.4) is 0 Å². The van der Waals surface area contributed by atoms with Crippen molar-refractivity contribution in [3.8, 4) is 0 Å². The second-order valence-electron chi connectivity index (χ2n) is 5.15. The third-order valence-corrected chi connectivity index (χ3v) is 3.64. The van der Waals surface area contributed by atoms with Crippen molar-refractivity contribution >= 4 is 23.1 Å². The lowest BCUT2D eigenvalue weighted by Crippen LogP contribution is -2.24. The number of pyridine rings is 1.